The molecule has 3 amide bonds. The summed E-state index contributed by atoms with van der Waals surface area (Å²) in [6.45, 7) is 14.2. The number of nitrogens with zero attached hydrogens (tertiary/aromatic N) is 2. The summed E-state index contributed by atoms with van der Waals surface area (Å²) in [5.74, 6) is -0.926. The van der Waals surface area contributed by atoms with Crippen molar-refractivity contribution < 1.29 is 42.1 Å². The van der Waals surface area contributed by atoms with Gasteiger partial charge in [0.2, 0.25) is 27.7 Å². The number of alkyl carbamates (subject to hydrolysis) is 1. The molecule has 2 aromatic rings. The summed E-state index contributed by atoms with van der Waals surface area (Å²) in [5.41, 5.74) is -3.03. The number of nitrogens with one attached hydrogen (secondary N) is 3. The second-order valence-electron chi connectivity index (χ2n) is 15.6. The van der Waals surface area contributed by atoms with E-state index in [1.54, 1.807) is 65.8 Å². The Kier molecular flexibility index (Phi) is 10.6. The van der Waals surface area contributed by atoms with Crippen LogP contribution in [0.1, 0.15) is 67.2 Å². The van der Waals surface area contributed by atoms with E-state index in [-0.39, 0.29) is 25.3 Å². The first-order valence-electron chi connectivity index (χ1n) is 16.9. The molecule has 1 unspecified atom stereocenters. The third-order valence-electron chi connectivity index (χ3n) is 9.32. The molecular formula is C35H48ClN5O9S. The summed E-state index contributed by atoms with van der Waals surface area (Å²) in [4.78, 5) is 47.5. The fraction of sp³-hybridized carbons (Fsp3) is 0.600. The van der Waals surface area contributed by atoms with Crippen molar-refractivity contribution in [3.63, 3.8) is 0 Å². The van der Waals surface area contributed by atoms with Gasteiger partial charge in [-0.2, -0.15) is 4.72 Å². The molecule has 4 N–H and O–H groups in total. The number of rotatable bonds is 12. The molecule has 1 aromatic heterocycles. The van der Waals surface area contributed by atoms with Gasteiger partial charge in [-0.3, -0.25) is 9.59 Å². The maximum absolute atomic E-state index is 14.5. The smallest absolute Gasteiger partial charge is 0.408 e. The Morgan fingerprint density at radius 1 is 1.16 bits per heavy atom. The Morgan fingerprint density at radius 3 is 2.41 bits per heavy atom. The van der Waals surface area contributed by atoms with E-state index in [9.17, 15) is 27.9 Å². The number of hydrogen-bond donors (Lipinski definition) is 4. The normalized spacial score (nSPS) is 24.7. The lowest BCUT2D eigenvalue weighted by atomic mass is 9.85. The van der Waals surface area contributed by atoms with Gasteiger partial charge in [-0.05, 0) is 63.6 Å². The maximum atomic E-state index is 14.5. The van der Waals surface area contributed by atoms with Gasteiger partial charge in [-0.15, -0.1) is 6.58 Å². The van der Waals surface area contributed by atoms with Crippen LogP contribution in [-0.4, -0.2) is 95.8 Å². The minimum absolute atomic E-state index is 0.00930. The van der Waals surface area contributed by atoms with E-state index < -0.39 is 80.1 Å². The minimum atomic E-state index is -3.81. The molecule has 2 heterocycles. The number of aliphatic hydroxyl groups is 1. The largest absolute Gasteiger partial charge is 0.494 e. The van der Waals surface area contributed by atoms with Crippen LogP contribution in [0.2, 0.25) is 5.02 Å². The maximum Gasteiger partial charge on any atom is 0.408 e. The van der Waals surface area contributed by atoms with E-state index in [1.807, 2.05) is 0 Å². The number of halogens is 1. The van der Waals surface area contributed by atoms with E-state index >= 15 is 0 Å². The first kappa shape index (κ1) is 38.6. The van der Waals surface area contributed by atoms with Crippen molar-refractivity contribution in [2.24, 2.45) is 11.3 Å². The summed E-state index contributed by atoms with van der Waals surface area (Å²) in [7, 11) is -2.29. The Balaban J connectivity index is 1.46. The molecule has 2 saturated carbocycles. The number of sulfonamides is 1. The molecule has 14 nitrogen and oxygen atoms in total. The van der Waals surface area contributed by atoms with Crippen LogP contribution in [0.25, 0.3) is 10.8 Å². The topological polar surface area (TPSA) is 185 Å². The van der Waals surface area contributed by atoms with Crippen LogP contribution in [0.4, 0.5) is 4.79 Å². The van der Waals surface area contributed by atoms with Gasteiger partial charge in [-0.25, -0.2) is 18.2 Å². The number of carbonyl (C=O) groups excluding carboxylic acids is 3. The van der Waals surface area contributed by atoms with E-state index in [0.717, 1.165) is 0 Å². The lowest BCUT2D eigenvalue weighted by molar-refractivity contribution is -0.142. The SMILES string of the molecule is C=C[C@@H]1C[C@]1(NC(=O)[C@@H]1C[C@@H](Oc2ncc(OC)c3ccc(Cl)cc23)CN1C(=O)[C@@H](NC(=O)OC(C)(C)C)C(C)(C)C)C(O)NS(=O)(=O)C1CC1. The zero-order chi connectivity index (χ0) is 37.7. The molecule has 0 radical (unpaired) electrons. The molecule has 1 aliphatic heterocycles. The van der Waals surface area contributed by atoms with Crippen molar-refractivity contribution >= 4 is 50.3 Å². The van der Waals surface area contributed by atoms with Crippen LogP contribution >= 0.6 is 11.6 Å². The summed E-state index contributed by atoms with van der Waals surface area (Å²) in [6, 6.07) is 2.90. The predicted octanol–water partition coefficient (Wildman–Crippen LogP) is 3.65. The van der Waals surface area contributed by atoms with Crippen LogP contribution in [0.15, 0.2) is 37.1 Å². The number of fused-ring (bicyclic) bond motifs is 1. The Morgan fingerprint density at radius 2 is 1.84 bits per heavy atom. The van der Waals surface area contributed by atoms with Crippen molar-refractivity contribution in [2.75, 3.05) is 13.7 Å². The quantitative estimate of drug-likeness (QED) is 0.185. The lowest BCUT2D eigenvalue weighted by Crippen LogP contribution is -2.61. The Hall–Kier alpha value is -3.66. The highest BCUT2D eigenvalue weighted by Gasteiger charge is 2.61. The van der Waals surface area contributed by atoms with Crippen LogP contribution < -0.4 is 24.8 Å². The number of ether oxygens (including phenoxy) is 3. The molecule has 5 rings (SSSR count). The predicted molar refractivity (Wildman–Crippen MR) is 191 cm³/mol. The number of carbonyl (C=O) groups is 3. The second kappa shape index (κ2) is 14.1. The first-order valence-corrected chi connectivity index (χ1v) is 18.8. The number of hydrogen-bond acceptors (Lipinski definition) is 10. The second-order valence-corrected chi connectivity index (χ2v) is 18.0. The minimum Gasteiger partial charge on any atom is -0.494 e. The summed E-state index contributed by atoms with van der Waals surface area (Å²) in [5, 5.41) is 17.8. The van der Waals surface area contributed by atoms with Crippen LogP contribution in [0.5, 0.6) is 11.6 Å². The molecule has 0 bridgehead atoms. The molecule has 1 aromatic carbocycles. The van der Waals surface area contributed by atoms with Gasteiger partial charge in [0.15, 0.2) is 0 Å². The first-order chi connectivity index (χ1) is 23.7. The van der Waals surface area contributed by atoms with Crippen molar-refractivity contribution in [3.05, 3.63) is 42.1 Å². The number of likely N-dealkylation sites (tertiary alicyclic amines) is 1. The number of amides is 3. The molecule has 16 heteroatoms. The van der Waals surface area contributed by atoms with Crippen LogP contribution in [0, 0.1) is 11.3 Å². The van der Waals surface area contributed by atoms with Gasteiger partial charge in [0, 0.05) is 28.1 Å². The van der Waals surface area contributed by atoms with Gasteiger partial charge in [0.05, 0.1) is 30.6 Å². The van der Waals surface area contributed by atoms with Gasteiger partial charge in [-0.1, -0.05) is 38.4 Å². The summed E-state index contributed by atoms with van der Waals surface area (Å²) < 4.78 is 45.1. The lowest BCUT2D eigenvalue weighted by Gasteiger charge is -2.36. The molecule has 51 heavy (non-hydrogen) atoms. The third-order valence-corrected chi connectivity index (χ3v) is 11.5. The fourth-order valence-electron chi connectivity index (χ4n) is 6.37. The van der Waals surface area contributed by atoms with Crippen molar-refractivity contribution in [1.29, 1.82) is 0 Å². The van der Waals surface area contributed by atoms with Crippen LogP contribution in [-0.2, 0) is 24.3 Å². The van der Waals surface area contributed by atoms with Crippen molar-refractivity contribution in [1.82, 2.24) is 25.2 Å². The molecule has 1 saturated heterocycles. The highest BCUT2D eigenvalue weighted by molar-refractivity contribution is 7.90. The molecule has 280 valence electrons. The molecule has 6 atom stereocenters. The fourth-order valence-corrected chi connectivity index (χ4v) is 8.01. The average Bonchev–Trinajstić information content (AvgIpc) is 3.95. The van der Waals surface area contributed by atoms with E-state index in [1.165, 1.54) is 18.2 Å². The number of aliphatic hydroxyl groups excluding tert-OH is 1. The van der Waals surface area contributed by atoms with Gasteiger partial charge < -0.3 is 34.9 Å². The third kappa shape index (κ3) is 8.53. The summed E-state index contributed by atoms with van der Waals surface area (Å²) >= 11 is 6.32. The number of aromatic nitrogens is 1. The van der Waals surface area contributed by atoms with Gasteiger partial charge in [0.1, 0.15) is 35.8 Å². The van der Waals surface area contributed by atoms with E-state index in [0.29, 0.717) is 34.4 Å². The average molecular weight is 750 g/mol. The van der Waals surface area contributed by atoms with Gasteiger partial charge in [0.25, 0.3) is 0 Å². The zero-order valence-corrected chi connectivity index (χ0v) is 31.6. The summed E-state index contributed by atoms with van der Waals surface area (Å²) in [6.07, 6.45) is 1.08. The van der Waals surface area contributed by atoms with Crippen molar-refractivity contribution in [2.45, 2.75) is 108 Å². The highest BCUT2D eigenvalue weighted by atomic mass is 35.5. The Labute approximate surface area is 303 Å². The number of methoxy groups -OCH3 is 1. The van der Waals surface area contributed by atoms with E-state index in [2.05, 4.69) is 26.9 Å². The van der Waals surface area contributed by atoms with Gasteiger partial charge >= 0.3 is 6.09 Å². The van der Waals surface area contributed by atoms with Crippen molar-refractivity contribution in [3.8, 4) is 11.6 Å². The monoisotopic (exact) mass is 749 g/mol. The van der Waals surface area contributed by atoms with E-state index in [4.69, 9.17) is 25.8 Å². The molecule has 3 fully saturated rings. The zero-order valence-electron chi connectivity index (χ0n) is 30.0. The van der Waals surface area contributed by atoms with Crippen LogP contribution in [0.3, 0.4) is 0 Å². The molecular weight excluding hydrogens is 702 g/mol. The standard InChI is InChI=1S/C35H48ClN5O9S/c1-9-19-16-35(19,31(44)40-51(46,47)22-11-12-22)39-28(42)25-15-21(49-29-24-14-20(36)10-13-23(24)26(48-8)17-37-29)18-41(25)30(43)27(33(2,3)4)38-32(45)50-34(5,6)7/h9-10,13-14,17,19,21-22,25,27,31,40,44H,1,11-12,15-16,18H2,2-8H3,(H,38,45)(H,39,42)/t19-,21-,25+,27-,31?,35-/m1/s1. The Bertz CT molecular complexity index is 1810. The number of pyridine rings is 1. The highest BCUT2D eigenvalue weighted by Crippen LogP contribution is 2.47. The molecule has 3 aliphatic rings. The number of benzene rings is 1. The molecule has 2 aliphatic carbocycles. The molecule has 0 spiro atoms.